The third-order valence-corrected chi connectivity index (χ3v) is 3.73. The summed E-state index contributed by atoms with van der Waals surface area (Å²) in [5, 5.41) is 12.9. The Labute approximate surface area is 128 Å². The van der Waals surface area contributed by atoms with Crippen LogP contribution in [0.1, 0.15) is 19.8 Å². The average molecular weight is 312 g/mol. The topological polar surface area (TPSA) is 84.1 Å². The van der Waals surface area contributed by atoms with Crippen LogP contribution in [0.3, 0.4) is 0 Å². The van der Waals surface area contributed by atoms with E-state index in [0.29, 0.717) is 11.2 Å². The van der Waals surface area contributed by atoms with E-state index in [1.807, 2.05) is 0 Å². The Morgan fingerprint density at radius 3 is 2.76 bits per heavy atom. The molecule has 0 unspecified atom stereocenters. The molecular weight excluding hydrogens is 294 g/mol. The average Bonchev–Trinajstić information content (AvgIpc) is 2.81. The molecule has 0 aromatic carbocycles. The molecule has 0 spiro atoms. The summed E-state index contributed by atoms with van der Waals surface area (Å²) in [7, 11) is 0. The van der Waals surface area contributed by atoms with Crippen molar-refractivity contribution < 1.29 is 9.90 Å². The minimum atomic E-state index is -0.936. The molecule has 0 bridgehead atoms. The van der Waals surface area contributed by atoms with Gasteiger partial charge in [0.1, 0.15) is 17.9 Å². The fourth-order valence-corrected chi connectivity index (χ4v) is 2.47. The third-order valence-electron chi connectivity index (χ3n) is 3.73. The van der Waals surface area contributed by atoms with Crippen LogP contribution in [0.4, 0.5) is 5.82 Å². The SMILES string of the molecule is CC1CCN(c2cnc3cnn(CC(=O)O)c3n2)CC1.Cl. The van der Waals surface area contributed by atoms with E-state index in [0.717, 1.165) is 37.7 Å². The maximum Gasteiger partial charge on any atom is 0.325 e. The Hall–Kier alpha value is -1.89. The zero-order chi connectivity index (χ0) is 14.1. The van der Waals surface area contributed by atoms with Crippen molar-refractivity contribution in [3.8, 4) is 0 Å². The van der Waals surface area contributed by atoms with Gasteiger partial charge in [0.25, 0.3) is 0 Å². The molecule has 8 heteroatoms. The molecule has 0 atom stereocenters. The van der Waals surface area contributed by atoms with Gasteiger partial charge >= 0.3 is 5.97 Å². The van der Waals surface area contributed by atoms with Crippen LogP contribution in [-0.4, -0.2) is 43.9 Å². The van der Waals surface area contributed by atoms with E-state index in [-0.39, 0.29) is 19.0 Å². The van der Waals surface area contributed by atoms with Crippen LogP contribution in [0.2, 0.25) is 0 Å². The Morgan fingerprint density at radius 1 is 1.38 bits per heavy atom. The predicted molar refractivity (Wildman–Crippen MR) is 80.8 cm³/mol. The second-order valence-corrected chi connectivity index (χ2v) is 5.30. The van der Waals surface area contributed by atoms with Crippen molar-refractivity contribution >= 4 is 35.4 Å². The lowest BCUT2D eigenvalue weighted by Gasteiger charge is -2.30. The summed E-state index contributed by atoms with van der Waals surface area (Å²) in [4.78, 5) is 21.9. The number of carboxylic acid groups (broad SMARTS) is 1. The first kappa shape index (κ1) is 15.5. The second kappa shape index (κ2) is 6.26. The summed E-state index contributed by atoms with van der Waals surface area (Å²) in [6.45, 7) is 4.00. The van der Waals surface area contributed by atoms with Crippen LogP contribution >= 0.6 is 12.4 Å². The molecule has 1 aliphatic heterocycles. The number of nitrogens with zero attached hydrogens (tertiary/aromatic N) is 5. The molecule has 3 heterocycles. The minimum absolute atomic E-state index is 0. The van der Waals surface area contributed by atoms with Gasteiger partial charge in [0, 0.05) is 13.1 Å². The van der Waals surface area contributed by atoms with Crippen LogP contribution in [0.15, 0.2) is 12.4 Å². The van der Waals surface area contributed by atoms with Crippen molar-refractivity contribution in [1.82, 2.24) is 19.7 Å². The van der Waals surface area contributed by atoms with Gasteiger partial charge in [-0.3, -0.25) is 4.79 Å². The van der Waals surface area contributed by atoms with E-state index in [1.54, 1.807) is 12.4 Å². The highest BCUT2D eigenvalue weighted by molar-refractivity contribution is 5.85. The Kier molecular flexibility index (Phi) is 4.62. The molecular formula is C13H18ClN5O2. The molecule has 0 amide bonds. The van der Waals surface area contributed by atoms with Gasteiger partial charge < -0.3 is 10.0 Å². The monoisotopic (exact) mass is 311 g/mol. The van der Waals surface area contributed by atoms with Crippen LogP contribution in [0.25, 0.3) is 11.2 Å². The summed E-state index contributed by atoms with van der Waals surface area (Å²) in [6.07, 6.45) is 5.58. The van der Waals surface area contributed by atoms with Crippen molar-refractivity contribution in [1.29, 1.82) is 0 Å². The maximum absolute atomic E-state index is 10.8. The zero-order valence-electron chi connectivity index (χ0n) is 11.8. The Balaban J connectivity index is 0.00000161. The first-order valence-electron chi connectivity index (χ1n) is 6.79. The summed E-state index contributed by atoms with van der Waals surface area (Å²) in [5.41, 5.74) is 1.16. The van der Waals surface area contributed by atoms with E-state index in [9.17, 15) is 4.79 Å². The normalized spacial score (nSPS) is 16.0. The quantitative estimate of drug-likeness (QED) is 0.926. The van der Waals surface area contributed by atoms with E-state index in [4.69, 9.17) is 5.11 Å². The van der Waals surface area contributed by atoms with E-state index < -0.39 is 5.97 Å². The number of hydrogen-bond donors (Lipinski definition) is 1. The number of piperidine rings is 1. The van der Waals surface area contributed by atoms with Crippen molar-refractivity contribution in [2.24, 2.45) is 5.92 Å². The molecule has 1 saturated heterocycles. The molecule has 0 saturated carbocycles. The van der Waals surface area contributed by atoms with Gasteiger partial charge in [0.2, 0.25) is 0 Å². The number of fused-ring (bicyclic) bond motifs is 1. The number of rotatable bonds is 3. The number of anilines is 1. The first-order chi connectivity index (χ1) is 9.63. The van der Waals surface area contributed by atoms with Gasteiger partial charge in [-0.15, -0.1) is 12.4 Å². The number of carboxylic acids is 1. The molecule has 1 N–H and O–H groups in total. The maximum atomic E-state index is 10.8. The van der Waals surface area contributed by atoms with Gasteiger partial charge in [-0.25, -0.2) is 14.6 Å². The lowest BCUT2D eigenvalue weighted by Crippen LogP contribution is -2.33. The molecule has 21 heavy (non-hydrogen) atoms. The molecule has 0 aliphatic carbocycles. The van der Waals surface area contributed by atoms with Crippen LogP contribution < -0.4 is 4.90 Å². The van der Waals surface area contributed by atoms with Gasteiger partial charge in [-0.2, -0.15) is 5.10 Å². The minimum Gasteiger partial charge on any atom is -0.480 e. The summed E-state index contributed by atoms with van der Waals surface area (Å²) >= 11 is 0. The third kappa shape index (κ3) is 3.24. The molecule has 7 nitrogen and oxygen atoms in total. The highest BCUT2D eigenvalue weighted by Gasteiger charge is 2.18. The largest absolute Gasteiger partial charge is 0.480 e. The summed E-state index contributed by atoms with van der Waals surface area (Å²) < 4.78 is 1.38. The summed E-state index contributed by atoms with van der Waals surface area (Å²) in [6, 6.07) is 0. The summed E-state index contributed by atoms with van der Waals surface area (Å²) in [5.74, 6) is 0.617. The highest BCUT2D eigenvalue weighted by Crippen LogP contribution is 2.22. The van der Waals surface area contributed by atoms with Crippen LogP contribution in [0.5, 0.6) is 0 Å². The molecule has 1 aliphatic rings. The van der Waals surface area contributed by atoms with Crippen molar-refractivity contribution in [3.63, 3.8) is 0 Å². The van der Waals surface area contributed by atoms with Crippen molar-refractivity contribution in [2.45, 2.75) is 26.3 Å². The van der Waals surface area contributed by atoms with Gasteiger partial charge in [0.15, 0.2) is 5.65 Å². The van der Waals surface area contributed by atoms with Crippen molar-refractivity contribution in [2.75, 3.05) is 18.0 Å². The highest BCUT2D eigenvalue weighted by atomic mass is 35.5. The Morgan fingerprint density at radius 2 is 2.10 bits per heavy atom. The molecule has 3 rings (SSSR count). The second-order valence-electron chi connectivity index (χ2n) is 5.30. The molecule has 2 aromatic rings. The molecule has 114 valence electrons. The fraction of sp³-hybridized carbons (Fsp3) is 0.538. The lowest BCUT2D eigenvalue weighted by atomic mass is 9.99. The molecule has 2 aromatic heterocycles. The zero-order valence-corrected chi connectivity index (χ0v) is 12.6. The Bertz CT molecular complexity index is 637. The molecule has 0 radical (unpaired) electrons. The van der Waals surface area contributed by atoms with Gasteiger partial charge in [-0.05, 0) is 18.8 Å². The van der Waals surface area contributed by atoms with Crippen LogP contribution in [0, 0.1) is 5.92 Å². The number of aromatic nitrogens is 4. The number of hydrogen-bond acceptors (Lipinski definition) is 5. The fourth-order valence-electron chi connectivity index (χ4n) is 2.47. The van der Waals surface area contributed by atoms with E-state index >= 15 is 0 Å². The van der Waals surface area contributed by atoms with E-state index in [2.05, 4.69) is 26.9 Å². The van der Waals surface area contributed by atoms with E-state index in [1.165, 1.54) is 4.68 Å². The standard InChI is InChI=1S/C13H17N5O2.ClH/c1-9-2-4-17(5-3-9)11-7-14-10-6-15-18(8-12(19)20)13(10)16-11;/h6-7,9H,2-5,8H2,1H3,(H,19,20);1H. The number of halogens is 1. The van der Waals surface area contributed by atoms with Gasteiger partial charge in [0.05, 0.1) is 12.4 Å². The smallest absolute Gasteiger partial charge is 0.325 e. The molecule has 1 fully saturated rings. The first-order valence-corrected chi connectivity index (χ1v) is 6.79. The number of aliphatic carboxylic acids is 1. The van der Waals surface area contributed by atoms with Gasteiger partial charge in [-0.1, -0.05) is 6.92 Å². The number of carbonyl (C=O) groups is 1. The lowest BCUT2D eigenvalue weighted by molar-refractivity contribution is -0.137. The predicted octanol–water partition coefficient (Wildman–Crippen LogP) is 1.57. The van der Waals surface area contributed by atoms with Crippen LogP contribution in [-0.2, 0) is 11.3 Å². The van der Waals surface area contributed by atoms with Crippen molar-refractivity contribution in [3.05, 3.63) is 12.4 Å².